The first-order chi connectivity index (χ1) is 7.40. The van der Waals surface area contributed by atoms with Gasteiger partial charge >= 0.3 is 0 Å². The van der Waals surface area contributed by atoms with Crippen molar-refractivity contribution in [1.82, 2.24) is 10.2 Å². The lowest BCUT2D eigenvalue weighted by Gasteiger charge is -2.34. The van der Waals surface area contributed by atoms with Crippen LogP contribution in [0, 0.1) is 0 Å². The number of likely N-dealkylation sites (N-methyl/N-ethyl adjacent to an activating group) is 1. The van der Waals surface area contributed by atoms with Crippen LogP contribution in [-0.4, -0.2) is 48.1 Å². The minimum absolute atomic E-state index is 0.775. The van der Waals surface area contributed by atoms with Gasteiger partial charge in [-0.2, -0.15) is 11.8 Å². The maximum Gasteiger partial charge on any atom is 0.0195 e. The Morgan fingerprint density at radius 3 is 2.87 bits per heavy atom. The van der Waals surface area contributed by atoms with Crippen LogP contribution in [0.5, 0.6) is 0 Å². The molecule has 0 aromatic carbocycles. The summed E-state index contributed by atoms with van der Waals surface area (Å²) in [7, 11) is 0. The third-order valence-corrected chi connectivity index (χ3v) is 4.87. The van der Waals surface area contributed by atoms with E-state index in [9.17, 15) is 0 Å². The van der Waals surface area contributed by atoms with Crippen LogP contribution < -0.4 is 5.32 Å². The van der Waals surface area contributed by atoms with E-state index in [2.05, 4.69) is 28.9 Å². The maximum absolute atomic E-state index is 3.61. The van der Waals surface area contributed by atoms with E-state index in [1.165, 1.54) is 56.8 Å². The van der Waals surface area contributed by atoms with Crippen molar-refractivity contribution in [3.63, 3.8) is 0 Å². The SMILES string of the molecule is CCN(CC1CCCN1)C1CCCSC1. The Labute approximate surface area is 98.2 Å². The lowest BCUT2D eigenvalue weighted by Crippen LogP contribution is -2.45. The van der Waals surface area contributed by atoms with Crippen molar-refractivity contribution in [3.8, 4) is 0 Å². The summed E-state index contributed by atoms with van der Waals surface area (Å²) in [6.07, 6.45) is 5.61. The first kappa shape index (κ1) is 11.7. The summed E-state index contributed by atoms with van der Waals surface area (Å²) in [6, 6.07) is 1.63. The summed E-state index contributed by atoms with van der Waals surface area (Å²) < 4.78 is 0. The molecule has 2 aliphatic heterocycles. The molecule has 2 aliphatic rings. The summed E-state index contributed by atoms with van der Waals surface area (Å²) in [6.45, 7) is 6.06. The number of thioether (sulfide) groups is 1. The highest BCUT2D eigenvalue weighted by molar-refractivity contribution is 7.99. The summed E-state index contributed by atoms with van der Waals surface area (Å²) in [5.41, 5.74) is 0. The average Bonchev–Trinajstić information content (AvgIpc) is 2.80. The molecule has 0 aliphatic carbocycles. The zero-order valence-electron chi connectivity index (χ0n) is 9.87. The minimum atomic E-state index is 0.775. The molecule has 3 heteroatoms. The highest BCUT2D eigenvalue weighted by Crippen LogP contribution is 2.22. The van der Waals surface area contributed by atoms with Gasteiger partial charge in [0.1, 0.15) is 0 Å². The van der Waals surface area contributed by atoms with Crippen molar-refractivity contribution in [2.45, 2.75) is 44.7 Å². The molecule has 0 radical (unpaired) electrons. The molecule has 2 unspecified atom stereocenters. The Hall–Kier alpha value is 0.270. The molecular formula is C12H24N2S. The van der Waals surface area contributed by atoms with Crippen LogP contribution >= 0.6 is 11.8 Å². The second-order valence-electron chi connectivity index (χ2n) is 4.75. The van der Waals surface area contributed by atoms with Crippen LogP contribution in [0.4, 0.5) is 0 Å². The summed E-state index contributed by atoms with van der Waals surface area (Å²) in [5, 5.41) is 3.61. The Balaban J connectivity index is 1.79. The van der Waals surface area contributed by atoms with E-state index in [1.807, 2.05) is 0 Å². The van der Waals surface area contributed by atoms with E-state index >= 15 is 0 Å². The summed E-state index contributed by atoms with van der Waals surface area (Å²) in [4.78, 5) is 2.70. The summed E-state index contributed by atoms with van der Waals surface area (Å²) in [5.74, 6) is 2.75. The first-order valence-electron chi connectivity index (χ1n) is 6.45. The van der Waals surface area contributed by atoms with Crippen molar-refractivity contribution < 1.29 is 0 Å². The van der Waals surface area contributed by atoms with Crippen LogP contribution in [0.25, 0.3) is 0 Å². The van der Waals surface area contributed by atoms with Crippen molar-refractivity contribution in [2.24, 2.45) is 0 Å². The molecule has 2 saturated heterocycles. The topological polar surface area (TPSA) is 15.3 Å². The Kier molecular flexibility index (Phi) is 4.79. The molecular weight excluding hydrogens is 204 g/mol. The van der Waals surface area contributed by atoms with Crippen LogP contribution in [0.15, 0.2) is 0 Å². The molecule has 88 valence electrons. The smallest absolute Gasteiger partial charge is 0.0195 e. The fraction of sp³-hybridized carbons (Fsp3) is 1.00. The number of hydrogen-bond donors (Lipinski definition) is 1. The third-order valence-electron chi connectivity index (χ3n) is 3.68. The predicted octanol–water partition coefficient (Wildman–Crippen LogP) is 1.96. The normalized spacial score (nSPS) is 32.4. The molecule has 0 saturated carbocycles. The van der Waals surface area contributed by atoms with Crippen molar-refractivity contribution in [2.75, 3.05) is 31.1 Å². The van der Waals surface area contributed by atoms with Gasteiger partial charge in [0.25, 0.3) is 0 Å². The van der Waals surface area contributed by atoms with Gasteiger partial charge in [-0.25, -0.2) is 0 Å². The van der Waals surface area contributed by atoms with Crippen LogP contribution in [0.2, 0.25) is 0 Å². The predicted molar refractivity (Wildman–Crippen MR) is 68.6 cm³/mol. The second-order valence-corrected chi connectivity index (χ2v) is 5.90. The van der Waals surface area contributed by atoms with Crippen LogP contribution in [0.3, 0.4) is 0 Å². The molecule has 0 bridgehead atoms. The fourth-order valence-corrected chi connectivity index (χ4v) is 3.93. The zero-order valence-corrected chi connectivity index (χ0v) is 10.7. The van der Waals surface area contributed by atoms with E-state index in [-0.39, 0.29) is 0 Å². The van der Waals surface area contributed by atoms with Gasteiger partial charge in [-0.05, 0) is 44.5 Å². The number of rotatable bonds is 4. The molecule has 15 heavy (non-hydrogen) atoms. The van der Waals surface area contributed by atoms with E-state index in [0.717, 1.165) is 12.1 Å². The standard InChI is InChI=1S/C12H24N2S/c1-2-14(9-11-5-3-7-13-11)12-6-4-8-15-10-12/h11-13H,2-10H2,1H3. The third kappa shape index (κ3) is 3.36. The van der Waals surface area contributed by atoms with Gasteiger partial charge in [0, 0.05) is 24.4 Å². The van der Waals surface area contributed by atoms with Gasteiger partial charge in [-0.3, -0.25) is 4.90 Å². The Morgan fingerprint density at radius 1 is 1.33 bits per heavy atom. The van der Waals surface area contributed by atoms with Crippen molar-refractivity contribution in [3.05, 3.63) is 0 Å². The van der Waals surface area contributed by atoms with Gasteiger partial charge in [-0.15, -0.1) is 0 Å². The minimum Gasteiger partial charge on any atom is -0.313 e. The van der Waals surface area contributed by atoms with Crippen molar-refractivity contribution >= 4 is 11.8 Å². The molecule has 1 N–H and O–H groups in total. The average molecular weight is 228 g/mol. The highest BCUT2D eigenvalue weighted by Gasteiger charge is 2.24. The lowest BCUT2D eigenvalue weighted by atomic mass is 10.1. The van der Waals surface area contributed by atoms with Gasteiger partial charge in [0.15, 0.2) is 0 Å². The van der Waals surface area contributed by atoms with E-state index < -0.39 is 0 Å². The van der Waals surface area contributed by atoms with Gasteiger partial charge in [0.05, 0.1) is 0 Å². The summed E-state index contributed by atoms with van der Waals surface area (Å²) >= 11 is 2.14. The molecule has 2 nitrogen and oxygen atoms in total. The molecule has 0 aromatic rings. The van der Waals surface area contributed by atoms with E-state index in [1.54, 1.807) is 0 Å². The molecule has 2 atom stereocenters. The molecule has 0 amide bonds. The largest absolute Gasteiger partial charge is 0.313 e. The molecule has 2 fully saturated rings. The van der Waals surface area contributed by atoms with Gasteiger partial charge in [-0.1, -0.05) is 6.92 Å². The monoisotopic (exact) mass is 228 g/mol. The van der Waals surface area contributed by atoms with Gasteiger partial charge < -0.3 is 5.32 Å². The molecule has 0 aromatic heterocycles. The Morgan fingerprint density at radius 2 is 2.27 bits per heavy atom. The highest BCUT2D eigenvalue weighted by atomic mass is 32.2. The Bertz CT molecular complexity index is 174. The second kappa shape index (κ2) is 6.12. The van der Waals surface area contributed by atoms with Crippen LogP contribution in [0.1, 0.15) is 32.6 Å². The number of nitrogens with one attached hydrogen (secondary N) is 1. The fourth-order valence-electron chi connectivity index (χ4n) is 2.74. The first-order valence-corrected chi connectivity index (χ1v) is 7.61. The zero-order chi connectivity index (χ0) is 10.5. The lowest BCUT2D eigenvalue weighted by molar-refractivity contribution is 0.192. The molecule has 0 spiro atoms. The maximum atomic E-state index is 3.61. The van der Waals surface area contributed by atoms with Crippen molar-refractivity contribution in [1.29, 1.82) is 0 Å². The number of hydrogen-bond acceptors (Lipinski definition) is 3. The quantitative estimate of drug-likeness (QED) is 0.792. The molecule has 2 heterocycles. The molecule has 2 rings (SSSR count). The van der Waals surface area contributed by atoms with E-state index in [4.69, 9.17) is 0 Å². The van der Waals surface area contributed by atoms with E-state index in [0.29, 0.717) is 0 Å². The number of nitrogens with zero attached hydrogens (tertiary/aromatic N) is 1. The van der Waals surface area contributed by atoms with Gasteiger partial charge in [0.2, 0.25) is 0 Å². The van der Waals surface area contributed by atoms with Crippen LogP contribution in [-0.2, 0) is 0 Å².